The molecule has 0 radical (unpaired) electrons. The van der Waals surface area contributed by atoms with Gasteiger partial charge >= 0.3 is 17.4 Å². The molecule has 0 aliphatic rings. The summed E-state index contributed by atoms with van der Waals surface area (Å²) >= 11 is 0. The lowest BCUT2D eigenvalue weighted by Crippen LogP contribution is -2.52. The van der Waals surface area contributed by atoms with Gasteiger partial charge < -0.3 is 21.5 Å². The number of hydrogen-bond donors (Lipinski definition) is 0. The topological polar surface area (TPSA) is 46.2 Å². The fourth-order valence-corrected chi connectivity index (χ4v) is 19.7. The molecule has 0 N–H and O–H groups in total. The quantitative estimate of drug-likeness (QED) is 0.357. The van der Waals surface area contributed by atoms with E-state index in [0.717, 1.165) is 18.5 Å². The molecule has 0 aliphatic carbocycles. The molecule has 25 heavy (non-hydrogen) atoms. The average molecular weight is 427 g/mol. The van der Waals surface area contributed by atoms with E-state index < -0.39 is 34.0 Å². The van der Waals surface area contributed by atoms with Gasteiger partial charge in [0.2, 0.25) is 0 Å². The number of rotatable bonds is 14. The minimum Gasteiger partial charge on any atom is -0.437 e. The van der Waals surface area contributed by atoms with Gasteiger partial charge in [0.25, 0.3) is 0 Å². The summed E-state index contributed by atoms with van der Waals surface area (Å²) in [5, 5.41) is 0. The van der Waals surface area contributed by atoms with E-state index in [2.05, 4.69) is 46.2 Å². The van der Waals surface area contributed by atoms with Crippen LogP contribution in [-0.2, 0) is 21.5 Å². The van der Waals surface area contributed by atoms with Crippen molar-refractivity contribution in [1.29, 1.82) is 0 Å². The van der Waals surface area contributed by atoms with Crippen LogP contribution in [0.15, 0.2) is 0 Å². The fourth-order valence-electron chi connectivity index (χ4n) is 3.34. The Balaban J connectivity index is 4.62. The molecule has 0 aromatic heterocycles. The van der Waals surface area contributed by atoms with Crippen molar-refractivity contribution in [3.05, 3.63) is 0 Å². The lowest BCUT2D eigenvalue weighted by atomic mass is 10.4. The van der Waals surface area contributed by atoms with Crippen LogP contribution in [0.1, 0.15) is 26.2 Å². The van der Waals surface area contributed by atoms with Crippen molar-refractivity contribution >= 4 is 34.0 Å². The Kier molecular flexibility index (Phi) is 11.2. The van der Waals surface area contributed by atoms with E-state index in [4.69, 9.17) is 21.5 Å². The molecule has 0 fully saturated rings. The van der Waals surface area contributed by atoms with Crippen LogP contribution in [0.3, 0.4) is 0 Å². The molecule has 0 spiro atoms. The van der Waals surface area contributed by atoms with Gasteiger partial charge in [0.1, 0.15) is 0 Å². The average Bonchev–Trinajstić information content (AvgIpc) is 2.47. The smallest absolute Gasteiger partial charge is 0.437 e. The summed E-state index contributed by atoms with van der Waals surface area (Å²) in [6, 6.07) is 3.11. The Morgan fingerprint density at radius 1 is 0.600 bits per heavy atom. The van der Waals surface area contributed by atoms with Gasteiger partial charge in [-0.05, 0) is 57.8 Å². The van der Waals surface area contributed by atoms with Crippen LogP contribution in [0.5, 0.6) is 0 Å². The summed E-state index contributed by atoms with van der Waals surface area (Å²) < 4.78 is 29.8. The summed E-state index contributed by atoms with van der Waals surface area (Å²) in [6.45, 7) is 15.9. The largest absolute Gasteiger partial charge is 0.500 e. The second-order valence-corrected chi connectivity index (χ2v) is 23.9. The minimum absolute atomic E-state index is 0.829. The SMILES string of the molecule is CCCC[Si](C)(C)O[Si](C)(C)O[Si](C)(C)CCC[Si](OC)(OC)OC. The highest BCUT2D eigenvalue weighted by Gasteiger charge is 2.41. The number of unbranched alkanes of at least 4 members (excludes halogenated alkanes) is 1. The van der Waals surface area contributed by atoms with Crippen LogP contribution < -0.4 is 0 Å². The molecule has 0 heterocycles. The first kappa shape index (κ1) is 25.7. The van der Waals surface area contributed by atoms with E-state index in [-0.39, 0.29) is 0 Å². The molecule has 0 bridgehead atoms. The van der Waals surface area contributed by atoms with Gasteiger partial charge in [-0.25, -0.2) is 0 Å². The summed E-state index contributed by atoms with van der Waals surface area (Å²) in [5.74, 6) is 0. The predicted molar refractivity (Wildman–Crippen MR) is 115 cm³/mol. The van der Waals surface area contributed by atoms with Crippen LogP contribution in [0.4, 0.5) is 0 Å². The highest BCUT2D eigenvalue weighted by atomic mass is 28.5. The van der Waals surface area contributed by atoms with E-state index in [1.165, 1.54) is 18.9 Å². The highest BCUT2D eigenvalue weighted by molar-refractivity contribution is 6.87. The van der Waals surface area contributed by atoms with Crippen LogP contribution in [0, 0.1) is 0 Å². The molecular weight excluding hydrogens is 385 g/mol. The lowest BCUT2D eigenvalue weighted by Gasteiger charge is -2.39. The van der Waals surface area contributed by atoms with Crippen LogP contribution in [0.25, 0.3) is 0 Å². The van der Waals surface area contributed by atoms with Gasteiger partial charge in [-0.1, -0.05) is 19.8 Å². The standard InChI is InChI=1S/C16H42O5Si4/c1-11-12-14-22(5,6)20-24(9,10)21-23(7,8)15-13-16-25(17-2,18-3)19-4/h11-16H2,1-10H3. The van der Waals surface area contributed by atoms with Crippen molar-refractivity contribution in [3.63, 3.8) is 0 Å². The van der Waals surface area contributed by atoms with Gasteiger partial charge in [0.05, 0.1) is 0 Å². The summed E-state index contributed by atoms with van der Waals surface area (Å²) in [7, 11) is -2.99. The lowest BCUT2D eigenvalue weighted by molar-refractivity contribution is 0.123. The maximum absolute atomic E-state index is 6.64. The highest BCUT2D eigenvalue weighted by Crippen LogP contribution is 2.28. The summed E-state index contributed by atoms with van der Waals surface area (Å²) in [6.07, 6.45) is 3.48. The van der Waals surface area contributed by atoms with Crippen molar-refractivity contribution in [2.24, 2.45) is 0 Å². The number of hydrogen-bond acceptors (Lipinski definition) is 5. The molecule has 0 atom stereocenters. The van der Waals surface area contributed by atoms with E-state index >= 15 is 0 Å². The zero-order valence-electron chi connectivity index (χ0n) is 18.3. The Labute approximate surface area is 160 Å². The van der Waals surface area contributed by atoms with Gasteiger partial charge in [-0.3, -0.25) is 0 Å². The Morgan fingerprint density at radius 3 is 1.36 bits per heavy atom. The zero-order chi connectivity index (χ0) is 19.8. The van der Waals surface area contributed by atoms with Crippen molar-refractivity contribution in [2.75, 3.05) is 21.3 Å². The van der Waals surface area contributed by atoms with Crippen LogP contribution in [-0.4, -0.2) is 55.3 Å². The van der Waals surface area contributed by atoms with Crippen molar-refractivity contribution in [1.82, 2.24) is 0 Å². The van der Waals surface area contributed by atoms with Gasteiger partial charge in [-0.15, -0.1) is 0 Å². The van der Waals surface area contributed by atoms with Gasteiger partial charge in [0, 0.05) is 27.4 Å². The molecule has 152 valence electrons. The maximum Gasteiger partial charge on any atom is 0.500 e. The molecule has 0 aromatic carbocycles. The van der Waals surface area contributed by atoms with Gasteiger partial charge in [0.15, 0.2) is 16.6 Å². The van der Waals surface area contributed by atoms with Gasteiger partial charge in [-0.2, -0.15) is 0 Å². The van der Waals surface area contributed by atoms with E-state index in [1.807, 2.05) is 0 Å². The third-order valence-corrected chi connectivity index (χ3v) is 18.7. The molecule has 0 amide bonds. The second kappa shape index (κ2) is 10.9. The summed E-state index contributed by atoms with van der Waals surface area (Å²) in [5.41, 5.74) is 0. The van der Waals surface area contributed by atoms with Crippen molar-refractivity contribution in [3.8, 4) is 0 Å². The normalized spacial score (nSPS) is 14.2. The van der Waals surface area contributed by atoms with Crippen molar-refractivity contribution < 1.29 is 21.5 Å². The molecule has 0 saturated heterocycles. The van der Waals surface area contributed by atoms with Crippen LogP contribution in [0.2, 0.25) is 57.4 Å². The molecule has 0 aromatic rings. The Morgan fingerprint density at radius 2 is 1.00 bits per heavy atom. The fraction of sp³-hybridized carbons (Fsp3) is 1.00. The first-order chi connectivity index (χ1) is 11.4. The molecular formula is C16H42O5Si4. The van der Waals surface area contributed by atoms with Crippen LogP contribution >= 0.6 is 0 Å². The maximum atomic E-state index is 6.64. The monoisotopic (exact) mass is 426 g/mol. The van der Waals surface area contributed by atoms with E-state index in [1.54, 1.807) is 21.3 Å². The van der Waals surface area contributed by atoms with E-state index in [9.17, 15) is 0 Å². The predicted octanol–water partition coefficient (Wildman–Crippen LogP) is 5.20. The first-order valence-electron chi connectivity index (χ1n) is 9.42. The van der Waals surface area contributed by atoms with Crippen molar-refractivity contribution in [2.45, 2.75) is 83.6 Å². The first-order valence-corrected chi connectivity index (χ1v) is 20.4. The molecule has 0 unspecified atom stereocenters. The minimum atomic E-state index is -2.48. The molecule has 0 rings (SSSR count). The molecule has 0 aliphatic heterocycles. The summed E-state index contributed by atoms with van der Waals surface area (Å²) in [4.78, 5) is 0. The Bertz CT molecular complexity index is 365. The van der Waals surface area contributed by atoms with E-state index in [0.29, 0.717) is 0 Å². The third-order valence-electron chi connectivity index (χ3n) is 4.37. The molecule has 0 saturated carbocycles. The zero-order valence-corrected chi connectivity index (χ0v) is 22.3. The second-order valence-electron chi connectivity index (χ2n) is 8.38. The third kappa shape index (κ3) is 10.5. The Hall–Kier alpha value is 0.668. The molecule has 5 nitrogen and oxygen atoms in total. The molecule has 9 heteroatoms.